The lowest BCUT2D eigenvalue weighted by molar-refractivity contribution is -0.0149. The number of aromatic nitrogens is 2. The SMILES string of the molecule is CN=C(NCc1cccc(COC(C)(C)C)c1)NCc1c(C)nn(C)c1C.I. The van der Waals surface area contributed by atoms with Gasteiger partial charge in [-0.05, 0) is 45.7 Å². The lowest BCUT2D eigenvalue weighted by atomic mass is 10.1. The number of aryl methyl sites for hydroxylation is 2. The summed E-state index contributed by atoms with van der Waals surface area (Å²) >= 11 is 0. The van der Waals surface area contributed by atoms with Gasteiger partial charge in [0.1, 0.15) is 0 Å². The van der Waals surface area contributed by atoms with E-state index < -0.39 is 0 Å². The fraction of sp³-hybridized carbons (Fsp3) is 0.524. The van der Waals surface area contributed by atoms with Gasteiger partial charge in [0.05, 0.1) is 17.9 Å². The Balaban J connectivity index is 0.00000392. The van der Waals surface area contributed by atoms with Crippen molar-refractivity contribution in [1.29, 1.82) is 0 Å². The monoisotopic (exact) mass is 499 g/mol. The number of benzene rings is 1. The summed E-state index contributed by atoms with van der Waals surface area (Å²) in [6.45, 7) is 12.3. The molecule has 0 bridgehead atoms. The molecule has 1 aromatic heterocycles. The van der Waals surface area contributed by atoms with Crippen molar-refractivity contribution in [1.82, 2.24) is 20.4 Å². The highest BCUT2D eigenvalue weighted by molar-refractivity contribution is 14.0. The van der Waals surface area contributed by atoms with Gasteiger partial charge in [-0.2, -0.15) is 5.10 Å². The Bertz CT molecular complexity index is 793. The van der Waals surface area contributed by atoms with Gasteiger partial charge in [0.25, 0.3) is 0 Å². The summed E-state index contributed by atoms with van der Waals surface area (Å²) in [6, 6.07) is 8.44. The molecule has 2 rings (SSSR count). The molecule has 0 aliphatic rings. The van der Waals surface area contributed by atoms with Crippen molar-refractivity contribution in [2.75, 3.05) is 7.05 Å². The molecule has 156 valence electrons. The van der Waals surface area contributed by atoms with E-state index >= 15 is 0 Å². The standard InChI is InChI=1S/C21H33N5O.HI/c1-15-19(16(2)26(7)25-15)13-24-20(22-6)23-12-17-9-8-10-18(11-17)14-27-21(3,4)5;/h8-11H,12-14H2,1-7H3,(H2,22,23,24);1H. The number of nitrogens with zero attached hydrogens (tertiary/aromatic N) is 3. The second-order valence-corrected chi connectivity index (χ2v) is 7.77. The fourth-order valence-electron chi connectivity index (χ4n) is 2.78. The number of nitrogens with one attached hydrogen (secondary N) is 2. The van der Waals surface area contributed by atoms with Crippen LogP contribution in [0.1, 0.15) is 48.8 Å². The second-order valence-electron chi connectivity index (χ2n) is 7.77. The molecule has 0 unspecified atom stereocenters. The van der Waals surface area contributed by atoms with Crippen LogP contribution in [0, 0.1) is 13.8 Å². The number of rotatable bonds is 6. The summed E-state index contributed by atoms with van der Waals surface area (Å²) in [6.07, 6.45) is 0. The zero-order valence-electron chi connectivity index (χ0n) is 18.1. The first-order valence-corrected chi connectivity index (χ1v) is 9.35. The van der Waals surface area contributed by atoms with Crippen molar-refractivity contribution in [3.63, 3.8) is 0 Å². The Labute approximate surface area is 186 Å². The summed E-state index contributed by atoms with van der Waals surface area (Å²) < 4.78 is 7.78. The van der Waals surface area contributed by atoms with Gasteiger partial charge in [0.2, 0.25) is 0 Å². The summed E-state index contributed by atoms with van der Waals surface area (Å²) in [5, 5.41) is 11.2. The molecule has 0 saturated carbocycles. The molecule has 0 aliphatic carbocycles. The molecule has 0 fully saturated rings. The lowest BCUT2D eigenvalue weighted by Crippen LogP contribution is -2.36. The predicted octanol–water partition coefficient (Wildman–Crippen LogP) is 3.84. The van der Waals surface area contributed by atoms with E-state index in [0.717, 1.165) is 11.7 Å². The van der Waals surface area contributed by atoms with Crippen molar-refractivity contribution < 1.29 is 4.74 Å². The molecule has 6 nitrogen and oxygen atoms in total. The third-order valence-corrected chi connectivity index (χ3v) is 4.44. The molecule has 28 heavy (non-hydrogen) atoms. The van der Waals surface area contributed by atoms with Crippen LogP contribution in [-0.4, -0.2) is 28.4 Å². The topological polar surface area (TPSA) is 63.5 Å². The molecular formula is C21H34IN5O. The zero-order valence-corrected chi connectivity index (χ0v) is 20.4. The first-order chi connectivity index (χ1) is 12.7. The number of guanidine groups is 1. The van der Waals surface area contributed by atoms with E-state index in [4.69, 9.17) is 4.74 Å². The Morgan fingerprint density at radius 3 is 2.36 bits per heavy atom. The van der Waals surface area contributed by atoms with Crippen molar-refractivity contribution in [3.05, 3.63) is 52.3 Å². The van der Waals surface area contributed by atoms with Crippen LogP contribution in [-0.2, 0) is 31.5 Å². The maximum atomic E-state index is 5.86. The average molecular weight is 499 g/mol. The Kier molecular flexibility index (Phi) is 9.43. The van der Waals surface area contributed by atoms with Gasteiger partial charge in [-0.1, -0.05) is 24.3 Å². The first-order valence-electron chi connectivity index (χ1n) is 9.35. The summed E-state index contributed by atoms with van der Waals surface area (Å²) in [7, 11) is 3.75. The molecule has 0 aliphatic heterocycles. The Hall–Kier alpha value is -1.61. The van der Waals surface area contributed by atoms with Crippen LogP contribution < -0.4 is 10.6 Å². The molecule has 1 aromatic carbocycles. The normalized spacial score (nSPS) is 11.9. The van der Waals surface area contributed by atoms with Crippen LogP contribution in [0.4, 0.5) is 0 Å². The number of hydrogen-bond acceptors (Lipinski definition) is 3. The average Bonchev–Trinajstić information content (AvgIpc) is 2.85. The largest absolute Gasteiger partial charge is 0.371 e. The molecule has 2 aromatic rings. The van der Waals surface area contributed by atoms with Crippen LogP contribution in [0.2, 0.25) is 0 Å². The van der Waals surface area contributed by atoms with Crippen molar-refractivity contribution in [2.45, 2.75) is 59.9 Å². The predicted molar refractivity (Wildman–Crippen MR) is 126 cm³/mol. The number of hydrogen-bond donors (Lipinski definition) is 2. The van der Waals surface area contributed by atoms with E-state index in [9.17, 15) is 0 Å². The Morgan fingerprint density at radius 1 is 1.14 bits per heavy atom. The minimum Gasteiger partial charge on any atom is -0.371 e. The number of halogens is 1. The number of aliphatic imine (C=N–C) groups is 1. The molecule has 0 saturated heterocycles. The van der Waals surface area contributed by atoms with Crippen molar-refractivity contribution >= 4 is 29.9 Å². The summed E-state index contributed by atoms with van der Waals surface area (Å²) in [5.74, 6) is 0.772. The van der Waals surface area contributed by atoms with Gasteiger partial charge >= 0.3 is 0 Å². The van der Waals surface area contributed by atoms with Crippen molar-refractivity contribution in [3.8, 4) is 0 Å². The highest BCUT2D eigenvalue weighted by atomic mass is 127. The molecule has 0 atom stereocenters. The van der Waals surface area contributed by atoms with Crippen LogP contribution in [0.15, 0.2) is 29.3 Å². The van der Waals surface area contributed by atoms with Gasteiger partial charge in [-0.25, -0.2) is 0 Å². The summed E-state index contributed by atoms with van der Waals surface area (Å²) in [4.78, 5) is 4.32. The molecule has 0 radical (unpaired) electrons. The molecule has 0 spiro atoms. The van der Waals surface area contributed by atoms with Crippen molar-refractivity contribution in [2.24, 2.45) is 12.0 Å². The van der Waals surface area contributed by atoms with Gasteiger partial charge in [0, 0.05) is 38.4 Å². The zero-order chi connectivity index (χ0) is 20.0. The van der Waals surface area contributed by atoms with Gasteiger partial charge in [-0.15, -0.1) is 24.0 Å². The Morgan fingerprint density at radius 2 is 1.79 bits per heavy atom. The van der Waals surface area contributed by atoms with Crippen LogP contribution in [0.3, 0.4) is 0 Å². The third kappa shape index (κ3) is 7.43. The number of ether oxygens (including phenoxy) is 1. The van der Waals surface area contributed by atoms with E-state index in [-0.39, 0.29) is 29.6 Å². The third-order valence-electron chi connectivity index (χ3n) is 4.44. The molecule has 1 heterocycles. The van der Waals surface area contributed by atoms with E-state index in [2.05, 4.69) is 72.7 Å². The minimum absolute atomic E-state index is 0. The molecule has 0 amide bonds. The maximum Gasteiger partial charge on any atom is 0.191 e. The summed E-state index contributed by atoms with van der Waals surface area (Å²) in [5.41, 5.74) is 5.66. The van der Waals surface area contributed by atoms with E-state index in [0.29, 0.717) is 19.7 Å². The molecular weight excluding hydrogens is 465 g/mol. The minimum atomic E-state index is -0.136. The van der Waals surface area contributed by atoms with Gasteiger partial charge in [0.15, 0.2) is 5.96 Å². The fourth-order valence-corrected chi connectivity index (χ4v) is 2.78. The smallest absolute Gasteiger partial charge is 0.191 e. The molecule has 2 N–H and O–H groups in total. The molecule has 7 heteroatoms. The van der Waals surface area contributed by atoms with E-state index in [1.165, 1.54) is 22.4 Å². The van der Waals surface area contributed by atoms with Gasteiger partial charge in [-0.3, -0.25) is 9.67 Å². The van der Waals surface area contributed by atoms with Crippen LogP contribution in [0.25, 0.3) is 0 Å². The first kappa shape index (κ1) is 24.4. The van der Waals surface area contributed by atoms with E-state index in [1.54, 1.807) is 7.05 Å². The lowest BCUT2D eigenvalue weighted by Gasteiger charge is -2.19. The highest BCUT2D eigenvalue weighted by Gasteiger charge is 2.11. The maximum absolute atomic E-state index is 5.86. The van der Waals surface area contributed by atoms with Crippen LogP contribution >= 0.6 is 24.0 Å². The van der Waals surface area contributed by atoms with Crippen LogP contribution in [0.5, 0.6) is 0 Å². The van der Waals surface area contributed by atoms with Gasteiger partial charge < -0.3 is 15.4 Å². The second kappa shape index (κ2) is 10.8. The highest BCUT2D eigenvalue weighted by Crippen LogP contribution is 2.13. The van der Waals surface area contributed by atoms with E-state index in [1.807, 2.05) is 18.7 Å². The quantitative estimate of drug-likeness (QED) is 0.360.